The zero-order valence-electron chi connectivity index (χ0n) is 5.34. The van der Waals surface area contributed by atoms with Crippen molar-refractivity contribution in [3.63, 3.8) is 0 Å². The van der Waals surface area contributed by atoms with Gasteiger partial charge in [-0.1, -0.05) is 0 Å². The number of nitrogens with zero attached hydrogens (tertiary/aromatic N) is 2. The molecule has 4 heteroatoms. The van der Waals surface area contributed by atoms with Crippen LogP contribution < -0.4 is 0 Å². The number of rotatable bonds is 1. The van der Waals surface area contributed by atoms with Crippen molar-refractivity contribution < 1.29 is 4.79 Å². The number of aromatic nitrogens is 2. The van der Waals surface area contributed by atoms with Crippen LogP contribution in [0.4, 0.5) is 0 Å². The van der Waals surface area contributed by atoms with E-state index in [0.29, 0.717) is 16.6 Å². The van der Waals surface area contributed by atoms with Crippen molar-refractivity contribution in [1.29, 1.82) is 0 Å². The number of hydrogen-bond acceptors (Lipinski definition) is 3. The van der Waals surface area contributed by atoms with Gasteiger partial charge in [0.15, 0.2) is 6.29 Å². The fourth-order valence-corrected chi connectivity index (χ4v) is 0.733. The van der Waals surface area contributed by atoms with Gasteiger partial charge in [-0.05, 0) is 22.9 Å². The number of carbonyl (C=O) groups excluding carboxylic acids is 1. The van der Waals surface area contributed by atoms with E-state index in [1.54, 1.807) is 6.92 Å². The fraction of sp³-hybridized carbons (Fsp3) is 0.167. The number of aryl methyl sites for hydroxylation is 1. The Kier molecular flexibility index (Phi) is 2.11. The van der Waals surface area contributed by atoms with Gasteiger partial charge in [-0.15, -0.1) is 0 Å². The highest BCUT2D eigenvalue weighted by molar-refractivity contribution is 9.10. The standard InChI is InChI=1S/C6H5BrN2O/c1-4-6(7)8-2-5(3-10)9-4/h2-3H,1H3. The Hall–Kier alpha value is -0.770. The summed E-state index contributed by atoms with van der Waals surface area (Å²) < 4.78 is 0.679. The summed E-state index contributed by atoms with van der Waals surface area (Å²) in [4.78, 5) is 17.9. The number of aldehydes is 1. The number of hydrogen-bond donors (Lipinski definition) is 0. The van der Waals surface area contributed by atoms with Crippen LogP contribution in [0.15, 0.2) is 10.8 Å². The first-order valence-corrected chi connectivity index (χ1v) is 3.47. The summed E-state index contributed by atoms with van der Waals surface area (Å²) in [6, 6.07) is 0. The molecule has 0 atom stereocenters. The molecule has 0 saturated heterocycles. The van der Waals surface area contributed by atoms with Crippen LogP contribution in [0.2, 0.25) is 0 Å². The van der Waals surface area contributed by atoms with Crippen molar-refractivity contribution in [1.82, 2.24) is 9.97 Å². The summed E-state index contributed by atoms with van der Waals surface area (Å²) in [5.74, 6) is 0. The van der Waals surface area contributed by atoms with Crippen molar-refractivity contribution in [3.8, 4) is 0 Å². The van der Waals surface area contributed by atoms with E-state index in [-0.39, 0.29) is 0 Å². The Morgan fingerprint density at radius 2 is 2.40 bits per heavy atom. The maximum absolute atomic E-state index is 10.2. The monoisotopic (exact) mass is 200 g/mol. The van der Waals surface area contributed by atoms with Gasteiger partial charge in [0.1, 0.15) is 10.3 Å². The van der Waals surface area contributed by atoms with Gasteiger partial charge < -0.3 is 0 Å². The predicted molar refractivity (Wildman–Crippen MR) is 39.9 cm³/mol. The van der Waals surface area contributed by atoms with Crippen molar-refractivity contribution in [2.45, 2.75) is 6.92 Å². The van der Waals surface area contributed by atoms with Gasteiger partial charge in [0.05, 0.1) is 11.9 Å². The Bertz CT molecular complexity index is 262. The second-order valence-electron chi connectivity index (χ2n) is 1.79. The lowest BCUT2D eigenvalue weighted by atomic mass is 10.4. The quantitative estimate of drug-likeness (QED) is 0.644. The third-order valence-electron chi connectivity index (χ3n) is 1.03. The maximum atomic E-state index is 10.2. The van der Waals surface area contributed by atoms with Gasteiger partial charge in [0.25, 0.3) is 0 Å². The molecule has 0 aliphatic rings. The van der Waals surface area contributed by atoms with E-state index in [2.05, 4.69) is 25.9 Å². The van der Waals surface area contributed by atoms with Crippen LogP contribution in [0.1, 0.15) is 16.2 Å². The molecule has 0 aliphatic heterocycles. The van der Waals surface area contributed by atoms with Crippen LogP contribution in [-0.4, -0.2) is 16.3 Å². The Labute approximate surface area is 66.6 Å². The van der Waals surface area contributed by atoms with Crippen LogP contribution in [-0.2, 0) is 0 Å². The first-order valence-electron chi connectivity index (χ1n) is 2.68. The van der Waals surface area contributed by atoms with E-state index in [1.807, 2.05) is 0 Å². The highest BCUT2D eigenvalue weighted by Gasteiger charge is 1.97. The van der Waals surface area contributed by atoms with E-state index in [9.17, 15) is 4.79 Å². The van der Waals surface area contributed by atoms with E-state index >= 15 is 0 Å². The van der Waals surface area contributed by atoms with Crippen molar-refractivity contribution >= 4 is 22.2 Å². The minimum Gasteiger partial charge on any atom is -0.296 e. The largest absolute Gasteiger partial charge is 0.296 e. The molecule has 0 fully saturated rings. The summed E-state index contributed by atoms with van der Waals surface area (Å²) in [6.45, 7) is 1.78. The third-order valence-corrected chi connectivity index (χ3v) is 1.80. The lowest BCUT2D eigenvalue weighted by Gasteiger charge is -1.94. The molecule has 1 rings (SSSR count). The molecule has 0 N–H and O–H groups in total. The van der Waals surface area contributed by atoms with E-state index < -0.39 is 0 Å². The molecule has 3 nitrogen and oxygen atoms in total. The molecular formula is C6H5BrN2O. The third kappa shape index (κ3) is 1.39. The summed E-state index contributed by atoms with van der Waals surface area (Å²) in [7, 11) is 0. The summed E-state index contributed by atoms with van der Waals surface area (Å²) in [5.41, 5.74) is 1.09. The van der Waals surface area contributed by atoms with Gasteiger partial charge in [-0.2, -0.15) is 0 Å². The lowest BCUT2D eigenvalue weighted by molar-refractivity contribution is 0.111. The van der Waals surface area contributed by atoms with Crippen molar-refractivity contribution in [2.24, 2.45) is 0 Å². The zero-order chi connectivity index (χ0) is 7.56. The topological polar surface area (TPSA) is 42.9 Å². The average Bonchev–Trinajstić information content (AvgIpc) is 1.95. The Morgan fingerprint density at radius 3 is 2.90 bits per heavy atom. The minimum atomic E-state index is 0.362. The Balaban J connectivity index is 3.16. The average molecular weight is 201 g/mol. The van der Waals surface area contributed by atoms with E-state index in [1.165, 1.54) is 6.20 Å². The molecule has 1 heterocycles. The van der Waals surface area contributed by atoms with Crippen LogP contribution in [0, 0.1) is 6.92 Å². The molecule has 1 aromatic rings. The summed E-state index contributed by atoms with van der Waals surface area (Å²) >= 11 is 3.17. The van der Waals surface area contributed by atoms with Crippen LogP contribution in [0.5, 0.6) is 0 Å². The normalized spacial score (nSPS) is 9.40. The lowest BCUT2D eigenvalue weighted by Crippen LogP contribution is -1.92. The number of carbonyl (C=O) groups is 1. The molecule has 0 unspecified atom stereocenters. The van der Waals surface area contributed by atoms with Crippen molar-refractivity contribution in [2.75, 3.05) is 0 Å². The molecule has 1 aromatic heterocycles. The zero-order valence-corrected chi connectivity index (χ0v) is 6.92. The first kappa shape index (κ1) is 7.34. The molecule has 52 valence electrons. The molecule has 0 spiro atoms. The van der Waals surface area contributed by atoms with E-state index in [4.69, 9.17) is 0 Å². The molecule has 0 saturated carbocycles. The molecule has 0 amide bonds. The Morgan fingerprint density at radius 1 is 1.70 bits per heavy atom. The van der Waals surface area contributed by atoms with Gasteiger partial charge in [-0.3, -0.25) is 4.79 Å². The molecule has 0 aliphatic carbocycles. The van der Waals surface area contributed by atoms with Crippen LogP contribution >= 0.6 is 15.9 Å². The SMILES string of the molecule is Cc1nc(C=O)cnc1Br. The van der Waals surface area contributed by atoms with Crippen LogP contribution in [0.25, 0.3) is 0 Å². The second-order valence-corrected chi connectivity index (χ2v) is 2.54. The van der Waals surface area contributed by atoms with Crippen molar-refractivity contribution in [3.05, 3.63) is 22.2 Å². The van der Waals surface area contributed by atoms with Gasteiger partial charge in [0, 0.05) is 0 Å². The molecule has 0 radical (unpaired) electrons. The fourth-order valence-electron chi connectivity index (χ4n) is 0.542. The summed E-state index contributed by atoms with van der Waals surface area (Å²) in [5, 5.41) is 0. The molecule has 10 heavy (non-hydrogen) atoms. The van der Waals surface area contributed by atoms with Gasteiger partial charge >= 0.3 is 0 Å². The highest BCUT2D eigenvalue weighted by Crippen LogP contribution is 2.08. The van der Waals surface area contributed by atoms with Gasteiger partial charge in [0.2, 0.25) is 0 Å². The minimum absolute atomic E-state index is 0.362. The van der Waals surface area contributed by atoms with E-state index in [0.717, 1.165) is 5.69 Å². The maximum Gasteiger partial charge on any atom is 0.170 e. The van der Waals surface area contributed by atoms with Gasteiger partial charge in [-0.25, -0.2) is 9.97 Å². The predicted octanol–water partition coefficient (Wildman–Crippen LogP) is 1.36. The highest BCUT2D eigenvalue weighted by atomic mass is 79.9. The first-order chi connectivity index (χ1) is 4.74. The molecule has 0 bridgehead atoms. The molecule has 0 aromatic carbocycles. The smallest absolute Gasteiger partial charge is 0.170 e. The number of halogens is 1. The van der Waals surface area contributed by atoms with Crippen LogP contribution in [0.3, 0.4) is 0 Å². The second kappa shape index (κ2) is 2.88. The summed E-state index contributed by atoms with van der Waals surface area (Å²) in [6.07, 6.45) is 2.09. The molecular weight excluding hydrogens is 196 g/mol.